The van der Waals surface area contributed by atoms with Crippen LogP contribution in [0.25, 0.3) is 21.2 Å². The van der Waals surface area contributed by atoms with Crippen LogP contribution in [-0.2, 0) is 10.0 Å². The molecule has 0 aliphatic heterocycles. The highest BCUT2D eigenvalue weighted by molar-refractivity contribution is 7.89. The number of furan rings is 1. The number of carbonyl (C=O) groups excluding carboxylic acids is 1. The molecule has 0 saturated carbocycles. The fourth-order valence-corrected chi connectivity index (χ4v) is 4.65. The molecule has 4 aromatic rings. The Morgan fingerprint density at radius 1 is 1.17 bits per heavy atom. The number of thiazole rings is 1. The Kier molecular flexibility index (Phi) is 4.77. The first-order chi connectivity index (χ1) is 13.8. The monoisotopic (exact) mass is 431 g/mol. The summed E-state index contributed by atoms with van der Waals surface area (Å²) in [7, 11) is 0.967. The summed E-state index contributed by atoms with van der Waals surface area (Å²) in [6, 6.07) is 11.5. The van der Waals surface area contributed by atoms with Crippen molar-refractivity contribution in [3.8, 4) is 5.75 Å². The van der Waals surface area contributed by atoms with Crippen LogP contribution >= 0.6 is 11.3 Å². The maximum atomic E-state index is 12.6. The molecule has 1 N–H and O–H groups in total. The molecular formula is C19H17N3O5S2. The van der Waals surface area contributed by atoms with Gasteiger partial charge in [0.25, 0.3) is 5.91 Å². The highest BCUT2D eigenvalue weighted by atomic mass is 32.2. The van der Waals surface area contributed by atoms with Crippen molar-refractivity contribution in [2.45, 2.75) is 4.90 Å². The summed E-state index contributed by atoms with van der Waals surface area (Å²) in [6.07, 6.45) is 0. The third kappa shape index (κ3) is 3.57. The van der Waals surface area contributed by atoms with Crippen LogP contribution in [0.15, 0.2) is 51.8 Å². The van der Waals surface area contributed by atoms with Crippen LogP contribution < -0.4 is 10.1 Å². The molecule has 1 amide bonds. The number of anilines is 1. The van der Waals surface area contributed by atoms with E-state index < -0.39 is 15.9 Å². The number of amides is 1. The van der Waals surface area contributed by atoms with Crippen LogP contribution in [0.4, 0.5) is 5.13 Å². The van der Waals surface area contributed by atoms with Gasteiger partial charge in [0.2, 0.25) is 10.0 Å². The topological polar surface area (TPSA) is 102 Å². The van der Waals surface area contributed by atoms with Gasteiger partial charge in [-0.2, -0.15) is 0 Å². The smallest absolute Gasteiger partial charge is 0.293 e. The van der Waals surface area contributed by atoms with E-state index in [4.69, 9.17) is 9.15 Å². The average Bonchev–Trinajstić information content (AvgIpc) is 3.29. The fraction of sp³-hybridized carbons (Fsp3) is 0.158. The maximum Gasteiger partial charge on any atom is 0.293 e. The van der Waals surface area contributed by atoms with Crippen LogP contribution in [0, 0.1) is 0 Å². The Bertz CT molecular complexity index is 1340. The van der Waals surface area contributed by atoms with Gasteiger partial charge in [-0.05, 0) is 42.5 Å². The molecule has 0 unspecified atom stereocenters. The van der Waals surface area contributed by atoms with Gasteiger partial charge in [-0.1, -0.05) is 11.3 Å². The number of nitrogens with one attached hydrogen (secondary N) is 1. The Balaban J connectivity index is 1.61. The van der Waals surface area contributed by atoms with Gasteiger partial charge < -0.3 is 9.15 Å². The molecule has 29 heavy (non-hydrogen) atoms. The molecule has 0 fully saturated rings. The van der Waals surface area contributed by atoms with E-state index in [0.717, 1.165) is 9.69 Å². The van der Waals surface area contributed by atoms with Gasteiger partial charge in [-0.15, -0.1) is 0 Å². The minimum Gasteiger partial charge on any atom is -0.497 e. The second-order valence-electron chi connectivity index (χ2n) is 6.40. The van der Waals surface area contributed by atoms with E-state index in [9.17, 15) is 13.2 Å². The lowest BCUT2D eigenvalue weighted by Crippen LogP contribution is -2.22. The van der Waals surface area contributed by atoms with Crippen molar-refractivity contribution in [2.24, 2.45) is 0 Å². The summed E-state index contributed by atoms with van der Waals surface area (Å²) >= 11 is 1.19. The number of methoxy groups -OCH3 is 1. The average molecular weight is 431 g/mol. The van der Waals surface area contributed by atoms with Crippen molar-refractivity contribution < 1.29 is 22.4 Å². The van der Waals surface area contributed by atoms with Crippen LogP contribution in [-0.4, -0.2) is 44.8 Å². The molecule has 4 rings (SSSR count). The number of hydrogen-bond acceptors (Lipinski definition) is 7. The van der Waals surface area contributed by atoms with Gasteiger partial charge in [0.1, 0.15) is 11.3 Å². The number of benzene rings is 2. The summed E-state index contributed by atoms with van der Waals surface area (Å²) in [5, 5.41) is 3.80. The highest BCUT2D eigenvalue weighted by Gasteiger charge is 2.19. The van der Waals surface area contributed by atoms with Gasteiger partial charge in [0.15, 0.2) is 10.9 Å². The SMILES string of the molecule is COc1ccc2oc(C(=O)Nc3nc4ccc(S(=O)(=O)N(C)C)cc4s3)cc2c1. The Morgan fingerprint density at radius 2 is 1.97 bits per heavy atom. The van der Waals surface area contributed by atoms with E-state index in [1.165, 1.54) is 31.5 Å². The Morgan fingerprint density at radius 3 is 2.69 bits per heavy atom. The van der Waals surface area contributed by atoms with Gasteiger partial charge in [0, 0.05) is 19.5 Å². The number of rotatable bonds is 5. The molecule has 0 saturated heterocycles. The Hall–Kier alpha value is -2.95. The van der Waals surface area contributed by atoms with Crippen molar-refractivity contribution in [2.75, 3.05) is 26.5 Å². The minimum absolute atomic E-state index is 0.142. The van der Waals surface area contributed by atoms with E-state index in [-0.39, 0.29) is 10.7 Å². The highest BCUT2D eigenvalue weighted by Crippen LogP contribution is 2.30. The molecule has 150 valence electrons. The van der Waals surface area contributed by atoms with E-state index in [2.05, 4.69) is 10.3 Å². The standard InChI is InChI=1S/C19H17N3O5S2/c1-22(2)29(24,25)13-5-6-14-17(10-13)28-19(20-14)21-18(23)16-9-11-8-12(26-3)4-7-15(11)27-16/h4-10H,1-3H3,(H,20,21,23). The summed E-state index contributed by atoms with van der Waals surface area (Å²) < 4.78 is 37.2. The lowest BCUT2D eigenvalue weighted by Gasteiger charge is -2.10. The van der Waals surface area contributed by atoms with Crippen molar-refractivity contribution in [1.29, 1.82) is 0 Å². The molecular weight excluding hydrogens is 414 g/mol. The van der Waals surface area contributed by atoms with E-state index in [1.54, 1.807) is 43.5 Å². The lowest BCUT2D eigenvalue weighted by molar-refractivity contribution is 0.0998. The predicted molar refractivity (Wildman–Crippen MR) is 111 cm³/mol. The van der Waals surface area contributed by atoms with Crippen molar-refractivity contribution in [3.63, 3.8) is 0 Å². The number of fused-ring (bicyclic) bond motifs is 2. The number of hydrogen-bond donors (Lipinski definition) is 1. The normalized spacial score (nSPS) is 12.0. The first-order valence-corrected chi connectivity index (χ1v) is 10.8. The maximum absolute atomic E-state index is 12.6. The van der Waals surface area contributed by atoms with Crippen LogP contribution in [0.2, 0.25) is 0 Å². The molecule has 0 spiro atoms. The van der Waals surface area contributed by atoms with Crippen molar-refractivity contribution in [1.82, 2.24) is 9.29 Å². The zero-order valence-electron chi connectivity index (χ0n) is 15.8. The number of aromatic nitrogens is 1. The number of carbonyl (C=O) groups is 1. The van der Waals surface area contributed by atoms with Gasteiger partial charge in [-0.3, -0.25) is 10.1 Å². The van der Waals surface area contributed by atoms with Crippen LogP contribution in [0.1, 0.15) is 10.6 Å². The largest absolute Gasteiger partial charge is 0.497 e. The van der Waals surface area contributed by atoms with Crippen molar-refractivity contribution >= 4 is 53.6 Å². The van der Waals surface area contributed by atoms with Gasteiger partial charge in [0.05, 0.1) is 22.2 Å². The number of ether oxygens (including phenoxy) is 1. The Labute approximate surface area is 170 Å². The van der Waals surface area contributed by atoms with Crippen molar-refractivity contribution in [3.05, 3.63) is 48.2 Å². The number of sulfonamides is 1. The first-order valence-electron chi connectivity index (χ1n) is 8.50. The van der Waals surface area contributed by atoms with E-state index in [0.29, 0.717) is 26.7 Å². The summed E-state index contributed by atoms with van der Waals surface area (Å²) in [4.78, 5) is 17.1. The molecule has 0 aliphatic rings. The van der Waals surface area contributed by atoms with Crippen LogP contribution in [0.3, 0.4) is 0 Å². The third-order valence-electron chi connectivity index (χ3n) is 4.31. The molecule has 0 bridgehead atoms. The first kappa shape index (κ1) is 19.4. The lowest BCUT2D eigenvalue weighted by atomic mass is 10.2. The minimum atomic E-state index is -3.55. The van der Waals surface area contributed by atoms with Crippen LogP contribution in [0.5, 0.6) is 5.75 Å². The molecule has 10 heteroatoms. The zero-order chi connectivity index (χ0) is 20.8. The molecule has 2 aromatic heterocycles. The summed E-state index contributed by atoms with van der Waals surface area (Å²) in [5.41, 5.74) is 1.16. The number of nitrogens with zero attached hydrogens (tertiary/aromatic N) is 2. The quantitative estimate of drug-likeness (QED) is 0.518. The molecule has 8 nitrogen and oxygen atoms in total. The van der Waals surface area contributed by atoms with E-state index >= 15 is 0 Å². The summed E-state index contributed by atoms with van der Waals surface area (Å²) in [5.74, 6) is 0.364. The zero-order valence-corrected chi connectivity index (χ0v) is 17.4. The molecule has 0 radical (unpaired) electrons. The second kappa shape index (κ2) is 7.14. The second-order valence-corrected chi connectivity index (χ2v) is 9.59. The van der Waals surface area contributed by atoms with Gasteiger partial charge in [-0.25, -0.2) is 17.7 Å². The van der Waals surface area contributed by atoms with E-state index in [1.807, 2.05) is 0 Å². The fourth-order valence-electron chi connectivity index (χ4n) is 2.75. The molecule has 2 aromatic carbocycles. The molecule has 0 atom stereocenters. The predicted octanol–water partition coefficient (Wildman–Crippen LogP) is 3.55. The molecule has 0 aliphatic carbocycles. The van der Waals surface area contributed by atoms with Gasteiger partial charge >= 0.3 is 0 Å². The molecule has 2 heterocycles. The summed E-state index contributed by atoms with van der Waals surface area (Å²) in [6.45, 7) is 0. The third-order valence-corrected chi connectivity index (χ3v) is 7.05.